The van der Waals surface area contributed by atoms with Crippen LogP contribution in [0.3, 0.4) is 0 Å². The summed E-state index contributed by atoms with van der Waals surface area (Å²) in [4.78, 5) is 52.1. The third-order valence-electron chi connectivity index (χ3n) is 6.38. The van der Waals surface area contributed by atoms with Crippen LogP contribution in [0.5, 0.6) is 0 Å². The summed E-state index contributed by atoms with van der Waals surface area (Å²) in [6.07, 6.45) is 1.43. The van der Waals surface area contributed by atoms with E-state index in [0.717, 1.165) is 24.8 Å². The van der Waals surface area contributed by atoms with Crippen LogP contribution in [0, 0.1) is 5.92 Å². The first-order valence-corrected chi connectivity index (χ1v) is 12.3. The van der Waals surface area contributed by atoms with Crippen LogP contribution in [-0.4, -0.2) is 61.1 Å². The van der Waals surface area contributed by atoms with Gasteiger partial charge < -0.3 is 25.4 Å². The first kappa shape index (κ1) is 28.3. The van der Waals surface area contributed by atoms with Crippen molar-refractivity contribution in [2.75, 3.05) is 7.11 Å². The molecule has 3 N–H and O–H groups in total. The number of hydrogen-bond donors (Lipinski definition) is 3. The van der Waals surface area contributed by atoms with Crippen LogP contribution < -0.4 is 16.0 Å². The first-order chi connectivity index (χ1) is 16.7. The highest BCUT2D eigenvalue weighted by Crippen LogP contribution is 2.20. The van der Waals surface area contributed by atoms with Crippen LogP contribution in [-0.2, 0) is 35.1 Å². The second kappa shape index (κ2) is 13.8. The normalized spacial score (nSPS) is 26.1. The van der Waals surface area contributed by atoms with Crippen molar-refractivity contribution in [2.45, 2.75) is 90.1 Å². The summed E-state index contributed by atoms with van der Waals surface area (Å²) in [5.74, 6) is -2.20. The lowest BCUT2D eigenvalue weighted by Gasteiger charge is -2.28. The number of methoxy groups -OCH3 is 1. The van der Waals surface area contributed by atoms with E-state index in [0.29, 0.717) is 0 Å². The molecule has 1 aliphatic heterocycles. The Labute approximate surface area is 207 Å². The number of carbonyl (C=O) groups excluding carboxylic acids is 4. The average Bonchev–Trinajstić information content (AvgIpc) is 2.84. The molecule has 6 atom stereocenters. The van der Waals surface area contributed by atoms with E-state index in [1.807, 2.05) is 37.3 Å². The molecule has 1 heterocycles. The SMILES string of the molecule is CCCC[C@H](C)[C@@H]1CC(=O)NC(Cc2ccccc2)C(=O)N[C@@H](C)C(=O)N[C@@H]([C@@H](C)OC)C(=O)O1. The van der Waals surface area contributed by atoms with Crippen LogP contribution in [0.1, 0.15) is 58.9 Å². The minimum Gasteiger partial charge on any atom is -0.460 e. The molecular weight excluding hydrogens is 450 g/mol. The van der Waals surface area contributed by atoms with Crippen LogP contribution in [0.15, 0.2) is 30.3 Å². The van der Waals surface area contributed by atoms with Gasteiger partial charge in [0.1, 0.15) is 18.2 Å². The van der Waals surface area contributed by atoms with E-state index in [9.17, 15) is 19.2 Å². The van der Waals surface area contributed by atoms with Gasteiger partial charge in [-0.2, -0.15) is 0 Å². The molecule has 1 aromatic carbocycles. The summed E-state index contributed by atoms with van der Waals surface area (Å²) in [6, 6.07) is 6.38. The van der Waals surface area contributed by atoms with Crippen molar-refractivity contribution < 1.29 is 28.7 Å². The minimum absolute atomic E-state index is 0.0905. The smallest absolute Gasteiger partial charge is 0.331 e. The van der Waals surface area contributed by atoms with E-state index in [2.05, 4.69) is 22.9 Å². The maximum atomic E-state index is 13.1. The fraction of sp³-hybridized carbons (Fsp3) is 0.615. The summed E-state index contributed by atoms with van der Waals surface area (Å²) < 4.78 is 11.1. The fourth-order valence-corrected chi connectivity index (χ4v) is 3.95. The number of hydrogen-bond acceptors (Lipinski definition) is 6. The van der Waals surface area contributed by atoms with Gasteiger partial charge in [-0.1, -0.05) is 57.0 Å². The number of ether oxygens (including phenoxy) is 2. The Hall–Kier alpha value is -2.94. The number of benzene rings is 1. The Bertz CT molecular complexity index is 862. The predicted octanol–water partition coefficient (Wildman–Crippen LogP) is 1.88. The van der Waals surface area contributed by atoms with E-state index in [-0.39, 0.29) is 18.8 Å². The minimum atomic E-state index is -1.09. The zero-order chi connectivity index (χ0) is 26.0. The highest BCUT2D eigenvalue weighted by Gasteiger charge is 2.35. The zero-order valence-corrected chi connectivity index (χ0v) is 21.3. The van der Waals surface area contributed by atoms with Crippen LogP contribution >= 0.6 is 0 Å². The fourth-order valence-electron chi connectivity index (χ4n) is 3.95. The van der Waals surface area contributed by atoms with Gasteiger partial charge in [0, 0.05) is 13.5 Å². The molecule has 1 unspecified atom stereocenters. The molecule has 0 aliphatic carbocycles. The zero-order valence-electron chi connectivity index (χ0n) is 21.3. The van der Waals surface area contributed by atoms with Crippen LogP contribution in [0.2, 0.25) is 0 Å². The molecule has 1 fully saturated rings. The number of nitrogens with one attached hydrogen (secondary N) is 3. The van der Waals surface area contributed by atoms with Crippen molar-refractivity contribution in [3.8, 4) is 0 Å². The number of esters is 1. The lowest BCUT2D eigenvalue weighted by atomic mass is 9.95. The Kier molecular flexibility index (Phi) is 11.2. The molecule has 0 radical (unpaired) electrons. The summed E-state index contributed by atoms with van der Waals surface area (Å²) in [6.45, 7) is 7.16. The molecule has 0 aromatic heterocycles. The molecule has 194 valence electrons. The second-order valence-electron chi connectivity index (χ2n) is 9.27. The lowest BCUT2D eigenvalue weighted by Crippen LogP contribution is -2.56. The molecule has 9 heteroatoms. The third kappa shape index (κ3) is 8.65. The predicted molar refractivity (Wildman–Crippen MR) is 131 cm³/mol. The van der Waals surface area contributed by atoms with Gasteiger partial charge in [0.2, 0.25) is 17.7 Å². The van der Waals surface area contributed by atoms with Crippen molar-refractivity contribution in [1.29, 1.82) is 0 Å². The van der Waals surface area contributed by atoms with Gasteiger partial charge in [0.25, 0.3) is 0 Å². The van der Waals surface area contributed by atoms with Crippen molar-refractivity contribution in [3.05, 3.63) is 35.9 Å². The monoisotopic (exact) mass is 489 g/mol. The molecule has 1 saturated heterocycles. The van der Waals surface area contributed by atoms with E-state index < -0.39 is 54.0 Å². The molecule has 0 spiro atoms. The first-order valence-electron chi connectivity index (χ1n) is 12.3. The van der Waals surface area contributed by atoms with E-state index >= 15 is 0 Å². The number of cyclic esters (lactones) is 1. The summed E-state index contributed by atoms with van der Waals surface area (Å²) in [7, 11) is 1.43. The molecular formula is C26H39N3O6. The maximum Gasteiger partial charge on any atom is 0.331 e. The highest BCUT2D eigenvalue weighted by atomic mass is 16.6. The third-order valence-corrected chi connectivity index (χ3v) is 6.38. The largest absolute Gasteiger partial charge is 0.460 e. The van der Waals surface area contributed by atoms with Gasteiger partial charge in [-0.25, -0.2) is 4.79 Å². The number of carbonyl (C=O) groups is 4. The topological polar surface area (TPSA) is 123 Å². The number of rotatable bonds is 8. The Morgan fingerprint density at radius 2 is 1.71 bits per heavy atom. The van der Waals surface area contributed by atoms with Gasteiger partial charge >= 0.3 is 5.97 Å². The number of amides is 3. The molecule has 1 aliphatic rings. The van der Waals surface area contributed by atoms with E-state index in [4.69, 9.17) is 9.47 Å². The van der Waals surface area contributed by atoms with Crippen molar-refractivity contribution in [2.24, 2.45) is 5.92 Å². The van der Waals surface area contributed by atoms with E-state index in [1.165, 1.54) is 14.0 Å². The molecule has 0 saturated carbocycles. The average molecular weight is 490 g/mol. The summed E-state index contributed by atoms with van der Waals surface area (Å²) in [5.41, 5.74) is 0.864. The molecule has 1 aromatic rings. The Balaban J connectivity index is 2.37. The Morgan fingerprint density at radius 1 is 1.03 bits per heavy atom. The van der Waals surface area contributed by atoms with Gasteiger partial charge in [0.15, 0.2) is 6.04 Å². The highest BCUT2D eigenvalue weighted by molar-refractivity contribution is 5.94. The van der Waals surface area contributed by atoms with Gasteiger partial charge in [-0.05, 0) is 31.7 Å². The second-order valence-corrected chi connectivity index (χ2v) is 9.27. The van der Waals surface area contributed by atoms with E-state index in [1.54, 1.807) is 6.92 Å². The maximum absolute atomic E-state index is 13.1. The van der Waals surface area contributed by atoms with Crippen LogP contribution in [0.4, 0.5) is 0 Å². The Morgan fingerprint density at radius 3 is 2.34 bits per heavy atom. The molecule has 3 amide bonds. The van der Waals surface area contributed by atoms with Gasteiger partial charge in [-0.3, -0.25) is 14.4 Å². The van der Waals surface area contributed by atoms with Crippen molar-refractivity contribution in [1.82, 2.24) is 16.0 Å². The van der Waals surface area contributed by atoms with Gasteiger partial charge in [0.05, 0.1) is 12.5 Å². The molecule has 9 nitrogen and oxygen atoms in total. The molecule has 2 rings (SSSR count). The van der Waals surface area contributed by atoms with Gasteiger partial charge in [-0.15, -0.1) is 0 Å². The standard InChI is InChI=1S/C26H39N3O6/c1-6-7-11-16(2)21-15-22(30)28-20(14-19-12-9-8-10-13-19)25(32)27-17(3)24(31)29-23(18(4)34-5)26(33)35-21/h8-10,12-13,16-18,20-21,23H,6-7,11,14-15H2,1-5H3,(H,27,32)(H,28,30)(H,29,31)/t16-,17-,18+,20?,21-,23-/m0/s1. The van der Waals surface area contributed by atoms with Crippen molar-refractivity contribution in [3.63, 3.8) is 0 Å². The van der Waals surface area contributed by atoms with Crippen molar-refractivity contribution >= 4 is 23.7 Å². The van der Waals surface area contributed by atoms with Crippen LogP contribution in [0.25, 0.3) is 0 Å². The summed E-state index contributed by atoms with van der Waals surface area (Å²) in [5, 5.41) is 8.09. The molecule has 0 bridgehead atoms. The number of unbranched alkanes of at least 4 members (excludes halogenated alkanes) is 1. The summed E-state index contributed by atoms with van der Waals surface area (Å²) >= 11 is 0. The molecule has 35 heavy (non-hydrogen) atoms. The quantitative estimate of drug-likeness (QED) is 0.479. The lowest BCUT2D eigenvalue weighted by molar-refractivity contribution is -0.160.